The van der Waals surface area contributed by atoms with E-state index in [1.54, 1.807) is 6.92 Å². The molecule has 0 aliphatic rings. The number of hydrogen-bond donors (Lipinski definition) is 5. The largest absolute Gasteiger partial charge is 0.480 e. The molecule has 1 aromatic rings. The lowest BCUT2D eigenvalue weighted by molar-refractivity contribution is -0.143. The lowest BCUT2D eigenvalue weighted by atomic mass is 9.92. The molecule has 0 aliphatic carbocycles. The van der Waals surface area contributed by atoms with E-state index in [9.17, 15) is 24.3 Å². The fourth-order valence-electron chi connectivity index (χ4n) is 3.35. The van der Waals surface area contributed by atoms with E-state index in [4.69, 9.17) is 5.21 Å². The maximum absolute atomic E-state index is 13.1. The predicted molar refractivity (Wildman–Crippen MR) is 119 cm³/mol. The zero-order chi connectivity index (χ0) is 24.3. The van der Waals surface area contributed by atoms with E-state index in [2.05, 4.69) is 10.6 Å². The van der Waals surface area contributed by atoms with Crippen molar-refractivity contribution in [1.29, 1.82) is 0 Å². The van der Waals surface area contributed by atoms with Crippen molar-refractivity contribution in [3.8, 4) is 0 Å². The molecule has 9 heteroatoms. The summed E-state index contributed by atoms with van der Waals surface area (Å²) in [4.78, 5) is 49.3. The molecule has 0 fully saturated rings. The Morgan fingerprint density at radius 1 is 0.969 bits per heavy atom. The van der Waals surface area contributed by atoms with Gasteiger partial charge in [-0.3, -0.25) is 19.6 Å². The summed E-state index contributed by atoms with van der Waals surface area (Å²) in [6.45, 7) is 7.36. The molecule has 0 unspecified atom stereocenters. The number of aliphatic carboxylic acids is 1. The summed E-state index contributed by atoms with van der Waals surface area (Å²) in [6, 6.07) is 7.07. The first-order chi connectivity index (χ1) is 15.1. The van der Waals surface area contributed by atoms with E-state index in [0.29, 0.717) is 6.42 Å². The second-order valence-electron chi connectivity index (χ2n) is 8.53. The van der Waals surface area contributed by atoms with E-state index in [0.717, 1.165) is 5.56 Å². The van der Waals surface area contributed by atoms with E-state index in [1.165, 1.54) is 5.48 Å². The number of carbonyl (C=O) groups excluding carboxylic acids is 3. The Morgan fingerprint density at radius 2 is 1.59 bits per heavy atom. The van der Waals surface area contributed by atoms with Gasteiger partial charge in [0.25, 0.3) is 0 Å². The lowest BCUT2D eigenvalue weighted by Gasteiger charge is -2.27. The van der Waals surface area contributed by atoms with Gasteiger partial charge in [-0.1, -0.05) is 64.4 Å². The summed E-state index contributed by atoms with van der Waals surface area (Å²) in [5.41, 5.74) is 2.36. The summed E-state index contributed by atoms with van der Waals surface area (Å²) in [7, 11) is 0. The van der Waals surface area contributed by atoms with Crippen molar-refractivity contribution < 1.29 is 29.5 Å². The minimum absolute atomic E-state index is 0.0558. The zero-order valence-electron chi connectivity index (χ0n) is 19.1. The highest BCUT2D eigenvalue weighted by Crippen LogP contribution is 2.16. The molecule has 0 aromatic heterocycles. The van der Waals surface area contributed by atoms with E-state index in [-0.39, 0.29) is 31.1 Å². The second-order valence-corrected chi connectivity index (χ2v) is 8.53. The van der Waals surface area contributed by atoms with Gasteiger partial charge in [0, 0.05) is 6.42 Å². The Bertz CT molecular complexity index is 768. The van der Waals surface area contributed by atoms with Crippen LogP contribution < -0.4 is 16.1 Å². The molecule has 0 radical (unpaired) electrons. The molecule has 3 amide bonds. The highest BCUT2D eigenvalue weighted by Gasteiger charge is 2.32. The minimum atomic E-state index is -1.14. The first-order valence-electron chi connectivity index (χ1n) is 10.9. The second kappa shape index (κ2) is 13.5. The van der Waals surface area contributed by atoms with Crippen LogP contribution in [0.3, 0.4) is 0 Å². The van der Waals surface area contributed by atoms with Crippen molar-refractivity contribution in [1.82, 2.24) is 16.1 Å². The number of carboxylic acid groups (broad SMARTS) is 1. The van der Waals surface area contributed by atoms with Crippen molar-refractivity contribution in [2.24, 2.45) is 17.8 Å². The number of carboxylic acids is 1. The van der Waals surface area contributed by atoms with Crippen molar-refractivity contribution in [3.63, 3.8) is 0 Å². The molecule has 0 heterocycles. The van der Waals surface area contributed by atoms with Crippen LogP contribution in [0.1, 0.15) is 52.5 Å². The molecule has 0 saturated heterocycles. The topological polar surface area (TPSA) is 145 Å². The van der Waals surface area contributed by atoms with Crippen LogP contribution >= 0.6 is 0 Å². The van der Waals surface area contributed by atoms with Gasteiger partial charge in [0.15, 0.2) is 0 Å². The quantitative estimate of drug-likeness (QED) is 0.230. The number of rotatable bonds is 13. The summed E-state index contributed by atoms with van der Waals surface area (Å²) in [6.07, 6.45) is 0.799. The normalized spacial score (nSPS) is 14.7. The smallest absolute Gasteiger partial charge is 0.326 e. The minimum Gasteiger partial charge on any atom is -0.480 e. The lowest BCUT2D eigenvalue weighted by Crippen LogP contribution is -2.55. The molecular weight excluding hydrogens is 414 g/mol. The Balaban J connectivity index is 3.04. The third-order valence-corrected chi connectivity index (χ3v) is 5.37. The van der Waals surface area contributed by atoms with E-state index < -0.39 is 41.7 Å². The number of nitrogens with one attached hydrogen (secondary N) is 3. The van der Waals surface area contributed by atoms with Crippen LogP contribution in [-0.2, 0) is 25.6 Å². The zero-order valence-corrected chi connectivity index (χ0v) is 19.1. The van der Waals surface area contributed by atoms with Gasteiger partial charge in [-0.15, -0.1) is 0 Å². The predicted octanol–water partition coefficient (Wildman–Crippen LogP) is 1.89. The first kappa shape index (κ1) is 27.1. The summed E-state index contributed by atoms with van der Waals surface area (Å²) in [5, 5.41) is 23.6. The summed E-state index contributed by atoms with van der Waals surface area (Å²) in [5.74, 6) is -3.98. The number of hydrogen-bond acceptors (Lipinski definition) is 5. The third kappa shape index (κ3) is 9.05. The van der Waals surface area contributed by atoms with Crippen LogP contribution in [0.5, 0.6) is 0 Å². The fourth-order valence-corrected chi connectivity index (χ4v) is 3.35. The summed E-state index contributed by atoms with van der Waals surface area (Å²) >= 11 is 0. The Hall–Kier alpha value is -2.94. The van der Waals surface area contributed by atoms with Gasteiger partial charge in [0.05, 0.1) is 5.92 Å². The first-order valence-corrected chi connectivity index (χ1v) is 10.9. The van der Waals surface area contributed by atoms with E-state index >= 15 is 0 Å². The van der Waals surface area contributed by atoms with Gasteiger partial charge in [0.1, 0.15) is 12.1 Å². The number of hydroxylamine groups is 1. The number of carbonyl (C=O) groups is 4. The summed E-state index contributed by atoms with van der Waals surface area (Å²) < 4.78 is 0. The Labute approximate surface area is 188 Å². The van der Waals surface area contributed by atoms with Crippen LogP contribution in [0, 0.1) is 17.8 Å². The van der Waals surface area contributed by atoms with Gasteiger partial charge in [-0.05, 0) is 30.2 Å². The van der Waals surface area contributed by atoms with Crippen LogP contribution in [0.2, 0.25) is 0 Å². The number of amides is 3. The SMILES string of the molecule is CC[C@H](C)[C@H](NC(=O)[C@H](CC(=O)NO)Cc1ccccc1)C(=O)N[C@@H](CC(C)C)C(=O)O. The molecule has 0 saturated carbocycles. The fraction of sp³-hybridized carbons (Fsp3) is 0.565. The molecule has 0 aliphatic heterocycles. The van der Waals surface area contributed by atoms with Gasteiger partial charge >= 0.3 is 5.97 Å². The van der Waals surface area contributed by atoms with Crippen LogP contribution in [0.25, 0.3) is 0 Å². The molecule has 9 nitrogen and oxygen atoms in total. The average Bonchev–Trinajstić information content (AvgIpc) is 2.75. The van der Waals surface area contributed by atoms with Crippen molar-refractivity contribution in [2.75, 3.05) is 0 Å². The average molecular weight is 450 g/mol. The standard InChI is InChI=1S/C23H35N3O6/c1-5-15(4)20(22(29)24-18(23(30)31)11-14(2)3)25-21(28)17(13-19(27)26-32)12-16-9-7-6-8-10-16/h6-10,14-15,17-18,20,32H,5,11-13H2,1-4H3,(H,24,29)(H,25,28)(H,26,27)(H,30,31)/t15-,17-,18-,20-/m0/s1. The Kier molecular flexibility index (Phi) is 11.4. The van der Waals surface area contributed by atoms with Crippen molar-refractivity contribution >= 4 is 23.7 Å². The molecule has 4 atom stereocenters. The molecule has 1 aromatic carbocycles. The van der Waals surface area contributed by atoms with Crippen LogP contribution in [0.15, 0.2) is 30.3 Å². The molecule has 0 spiro atoms. The maximum Gasteiger partial charge on any atom is 0.326 e. The third-order valence-electron chi connectivity index (χ3n) is 5.37. The van der Waals surface area contributed by atoms with Gasteiger partial charge in [0.2, 0.25) is 17.7 Å². The molecule has 5 N–H and O–H groups in total. The van der Waals surface area contributed by atoms with Gasteiger partial charge < -0.3 is 15.7 Å². The van der Waals surface area contributed by atoms with Crippen LogP contribution in [-0.4, -0.2) is 46.1 Å². The Morgan fingerprint density at radius 3 is 2.09 bits per heavy atom. The highest BCUT2D eigenvalue weighted by atomic mass is 16.5. The number of benzene rings is 1. The molecular formula is C23H35N3O6. The van der Waals surface area contributed by atoms with Gasteiger partial charge in [-0.2, -0.15) is 0 Å². The van der Waals surface area contributed by atoms with Gasteiger partial charge in [-0.25, -0.2) is 10.3 Å². The van der Waals surface area contributed by atoms with Crippen molar-refractivity contribution in [2.45, 2.75) is 65.5 Å². The van der Waals surface area contributed by atoms with Crippen LogP contribution in [0.4, 0.5) is 0 Å². The molecule has 178 valence electrons. The molecule has 32 heavy (non-hydrogen) atoms. The highest BCUT2D eigenvalue weighted by molar-refractivity contribution is 5.92. The van der Waals surface area contributed by atoms with Crippen molar-refractivity contribution in [3.05, 3.63) is 35.9 Å². The maximum atomic E-state index is 13.1. The molecule has 0 bridgehead atoms. The monoisotopic (exact) mass is 449 g/mol. The molecule has 1 rings (SSSR count). The van der Waals surface area contributed by atoms with E-state index in [1.807, 2.05) is 51.1 Å².